The van der Waals surface area contributed by atoms with Gasteiger partial charge in [0.15, 0.2) is 0 Å². The zero-order valence-electron chi connectivity index (χ0n) is 9.19. The fourth-order valence-corrected chi connectivity index (χ4v) is 2.33. The molecule has 3 nitrogen and oxygen atoms in total. The molecule has 1 aromatic carbocycles. The number of fused-ring (bicyclic) bond motifs is 1. The average molecular weight is 213 g/mol. The molecule has 3 rings (SSSR count). The Hall–Kier alpha value is -1.77. The van der Waals surface area contributed by atoms with Crippen molar-refractivity contribution in [3.05, 3.63) is 42.0 Å². The summed E-state index contributed by atoms with van der Waals surface area (Å²) in [6.45, 7) is 0. The van der Waals surface area contributed by atoms with Crippen molar-refractivity contribution in [2.75, 3.05) is 5.73 Å². The van der Waals surface area contributed by atoms with Gasteiger partial charge in [-0.3, -0.25) is 0 Å². The molecule has 0 atom stereocenters. The molecule has 1 aromatic heterocycles. The van der Waals surface area contributed by atoms with E-state index in [1.54, 1.807) is 0 Å². The van der Waals surface area contributed by atoms with E-state index < -0.39 is 0 Å². The van der Waals surface area contributed by atoms with Crippen molar-refractivity contribution in [1.82, 2.24) is 9.55 Å². The van der Waals surface area contributed by atoms with Gasteiger partial charge in [-0.15, -0.1) is 0 Å². The number of nitrogen functional groups attached to an aromatic ring is 1. The van der Waals surface area contributed by atoms with Gasteiger partial charge in [0.1, 0.15) is 0 Å². The second-order valence-electron chi connectivity index (χ2n) is 4.31. The number of hydrogen-bond acceptors (Lipinski definition) is 2. The number of anilines is 1. The standard InChI is InChI=1S/C13H15N3/c14-10-5-7-11(8-6-10)16-9-15-12-3-1-2-4-13(12)16/h5-9H,1-4,14H2. The SMILES string of the molecule is Nc1ccc(-n2cnc3c2CCCC3)cc1. The van der Waals surface area contributed by atoms with Gasteiger partial charge in [0.05, 0.1) is 12.0 Å². The van der Waals surface area contributed by atoms with Crippen LogP contribution in [0.5, 0.6) is 0 Å². The van der Waals surface area contributed by atoms with E-state index in [9.17, 15) is 0 Å². The first-order chi connectivity index (χ1) is 7.84. The smallest absolute Gasteiger partial charge is 0.0997 e. The lowest BCUT2D eigenvalue weighted by Gasteiger charge is -2.14. The maximum absolute atomic E-state index is 5.69. The van der Waals surface area contributed by atoms with Gasteiger partial charge in [-0.05, 0) is 49.9 Å². The fraction of sp³-hybridized carbons (Fsp3) is 0.308. The Morgan fingerprint density at radius 3 is 2.62 bits per heavy atom. The lowest BCUT2D eigenvalue weighted by Crippen LogP contribution is -2.06. The highest BCUT2D eigenvalue weighted by atomic mass is 15.1. The normalized spacial score (nSPS) is 14.8. The van der Waals surface area contributed by atoms with Crippen molar-refractivity contribution in [3.8, 4) is 5.69 Å². The van der Waals surface area contributed by atoms with Gasteiger partial charge in [0.2, 0.25) is 0 Å². The quantitative estimate of drug-likeness (QED) is 0.739. The third-order valence-corrected chi connectivity index (χ3v) is 3.20. The second kappa shape index (κ2) is 3.67. The molecule has 1 heterocycles. The van der Waals surface area contributed by atoms with Gasteiger partial charge in [0.25, 0.3) is 0 Å². The van der Waals surface area contributed by atoms with Crippen LogP contribution in [0.2, 0.25) is 0 Å². The average Bonchev–Trinajstić information content (AvgIpc) is 2.74. The summed E-state index contributed by atoms with van der Waals surface area (Å²) in [7, 11) is 0. The third kappa shape index (κ3) is 1.48. The van der Waals surface area contributed by atoms with Crippen LogP contribution in [0, 0.1) is 0 Å². The maximum atomic E-state index is 5.69. The van der Waals surface area contributed by atoms with E-state index >= 15 is 0 Å². The first-order valence-electron chi connectivity index (χ1n) is 5.75. The summed E-state index contributed by atoms with van der Waals surface area (Å²) in [6, 6.07) is 7.97. The van der Waals surface area contributed by atoms with E-state index in [4.69, 9.17) is 5.73 Å². The van der Waals surface area contributed by atoms with Crippen molar-refractivity contribution < 1.29 is 0 Å². The van der Waals surface area contributed by atoms with Crippen LogP contribution >= 0.6 is 0 Å². The molecule has 0 unspecified atom stereocenters. The van der Waals surface area contributed by atoms with E-state index in [1.165, 1.54) is 24.2 Å². The van der Waals surface area contributed by atoms with Crippen molar-refractivity contribution >= 4 is 5.69 Å². The number of nitrogens with two attached hydrogens (primary N) is 1. The van der Waals surface area contributed by atoms with Gasteiger partial charge in [-0.25, -0.2) is 4.98 Å². The van der Waals surface area contributed by atoms with Gasteiger partial charge in [-0.1, -0.05) is 0 Å². The molecular formula is C13H15N3. The lowest BCUT2D eigenvalue weighted by molar-refractivity contribution is 0.656. The number of nitrogens with zero attached hydrogens (tertiary/aromatic N) is 2. The topological polar surface area (TPSA) is 43.8 Å². The highest BCUT2D eigenvalue weighted by Crippen LogP contribution is 2.23. The second-order valence-corrected chi connectivity index (χ2v) is 4.31. The molecule has 0 radical (unpaired) electrons. The number of imidazole rings is 1. The Kier molecular flexibility index (Phi) is 2.17. The lowest BCUT2D eigenvalue weighted by atomic mass is 10.0. The Balaban J connectivity index is 2.06. The van der Waals surface area contributed by atoms with Crippen LogP contribution in [-0.4, -0.2) is 9.55 Å². The number of aromatic nitrogens is 2. The molecule has 0 fully saturated rings. The summed E-state index contributed by atoms with van der Waals surface area (Å²) in [5.41, 5.74) is 10.3. The molecule has 1 aliphatic rings. The van der Waals surface area contributed by atoms with Gasteiger partial charge in [-0.2, -0.15) is 0 Å². The van der Waals surface area contributed by atoms with Crippen molar-refractivity contribution in [2.45, 2.75) is 25.7 Å². The maximum Gasteiger partial charge on any atom is 0.0997 e. The predicted octanol–water partition coefficient (Wildman–Crippen LogP) is 2.33. The molecule has 3 heteroatoms. The molecule has 0 spiro atoms. The molecule has 0 aliphatic heterocycles. The van der Waals surface area contributed by atoms with Crippen LogP contribution in [0.4, 0.5) is 5.69 Å². The van der Waals surface area contributed by atoms with Gasteiger partial charge >= 0.3 is 0 Å². The molecule has 0 saturated carbocycles. The molecule has 0 amide bonds. The number of aryl methyl sites for hydroxylation is 1. The predicted molar refractivity (Wildman–Crippen MR) is 64.6 cm³/mol. The molecule has 82 valence electrons. The Morgan fingerprint density at radius 1 is 1.06 bits per heavy atom. The summed E-state index contributed by atoms with van der Waals surface area (Å²) in [5, 5.41) is 0. The summed E-state index contributed by atoms with van der Waals surface area (Å²) in [5.74, 6) is 0. The minimum Gasteiger partial charge on any atom is -0.399 e. The monoisotopic (exact) mass is 213 g/mol. The highest BCUT2D eigenvalue weighted by molar-refractivity contribution is 5.46. The molecule has 0 bridgehead atoms. The largest absolute Gasteiger partial charge is 0.399 e. The molecule has 2 N–H and O–H groups in total. The van der Waals surface area contributed by atoms with Crippen LogP contribution in [0.3, 0.4) is 0 Å². The summed E-state index contributed by atoms with van der Waals surface area (Å²) >= 11 is 0. The number of rotatable bonds is 1. The molecule has 2 aromatic rings. The Labute approximate surface area is 94.9 Å². The van der Waals surface area contributed by atoms with Crippen LogP contribution in [0.15, 0.2) is 30.6 Å². The summed E-state index contributed by atoms with van der Waals surface area (Å²) in [6.07, 6.45) is 6.73. The van der Waals surface area contributed by atoms with Crippen LogP contribution < -0.4 is 5.73 Å². The van der Waals surface area contributed by atoms with Gasteiger partial charge < -0.3 is 10.3 Å². The molecule has 16 heavy (non-hydrogen) atoms. The minimum atomic E-state index is 0.803. The molecular weight excluding hydrogens is 198 g/mol. The van der Waals surface area contributed by atoms with E-state index in [1.807, 2.05) is 30.6 Å². The first kappa shape index (κ1) is 9.46. The zero-order chi connectivity index (χ0) is 11.0. The van der Waals surface area contributed by atoms with E-state index in [0.29, 0.717) is 0 Å². The Morgan fingerprint density at radius 2 is 1.81 bits per heavy atom. The third-order valence-electron chi connectivity index (χ3n) is 3.20. The fourth-order valence-electron chi connectivity index (χ4n) is 2.33. The van der Waals surface area contributed by atoms with Crippen molar-refractivity contribution in [2.24, 2.45) is 0 Å². The van der Waals surface area contributed by atoms with Gasteiger partial charge in [0, 0.05) is 17.1 Å². The molecule has 0 saturated heterocycles. The minimum absolute atomic E-state index is 0.803. The number of benzene rings is 1. The molecule has 1 aliphatic carbocycles. The van der Waals surface area contributed by atoms with Crippen LogP contribution in [-0.2, 0) is 12.8 Å². The summed E-state index contributed by atoms with van der Waals surface area (Å²) in [4.78, 5) is 4.49. The van der Waals surface area contributed by atoms with E-state index in [0.717, 1.165) is 24.2 Å². The summed E-state index contributed by atoms with van der Waals surface area (Å²) < 4.78 is 2.19. The Bertz CT molecular complexity index is 496. The van der Waals surface area contributed by atoms with Crippen LogP contribution in [0.1, 0.15) is 24.2 Å². The first-order valence-corrected chi connectivity index (χ1v) is 5.75. The van der Waals surface area contributed by atoms with E-state index in [2.05, 4.69) is 9.55 Å². The highest BCUT2D eigenvalue weighted by Gasteiger charge is 2.15. The zero-order valence-corrected chi connectivity index (χ0v) is 9.19. The van der Waals surface area contributed by atoms with E-state index in [-0.39, 0.29) is 0 Å². The van der Waals surface area contributed by atoms with Crippen molar-refractivity contribution in [3.63, 3.8) is 0 Å². The van der Waals surface area contributed by atoms with Crippen molar-refractivity contribution in [1.29, 1.82) is 0 Å². The number of hydrogen-bond donors (Lipinski definition) is 1. The van der Waals surface area contributed by atoms with Crippen LogP contribution in [0.25, 0.3) is 5.69 Å².